The van der Waals surface area contributed by atoms with Crippen molar-refractivity contribution >= 4 is 39.3 Å². The Kier molecular flexibility index (Phi) is 7.87. The second-order valence-corrected chi connectivity index (χ2v) is 8.15. The first-order valence-corrected chi connectivity index (χ1v) is 10.0. The van der Waals surface area contributed by atoms with E-state index in [4.69, 9.17) is 11.6 Å². The highest BCUT2D eigenvalue weighted by molar-refractivity contribution is 9.10. The van der Waals surface area contributed by atoms with Gasteiger partial charge in [0.1, 0.15) is 6.04 Å². The van der Waals surface area contributed by atoms with E-state index in [0.29, 0.717) is 11.6 Å². The molecule has 27 heavy (non-hydrogen) atoms. The number of hydrogen-bond donors (Lipinski definition) is 1. The largest absolute Gasteiger partial charge is 0.352 e. The molecule has 0 spiro atoms. The van der Waals surface area contributed by atoms with Crippen molar-refractivity contribution in [2.45, 2.75) is 45.8 Å². The Bertz CT molecular complexity index is 810. The van der Waals surface area contributed by atoms with Gasteiger partial charge in [0.15, 0.2) is 0 Å². The number of halogens is 2. The van der Waals surface area contributed by atoms with Gasteiger partial charge in [0.25, 0.3) is 0 Å². The molecule has 1 N–H and O–H groups in total. The van der Waals surface area contributed by atoms with E-state index in [1.54, 1.807) is 24.0 Å². The standard InChI is InChI=1S/C21H24BrClN2O2/c1-14(2)24-21(27)15(3)25(13-17-7-4-8-18(22)10-17)20(26)12-16-6-5-9-19(23)11-16/h4-11,14-15H,12-13H2,1-3H3,(H,24,27)/t15-/m0/s1. The van der Waals surface area contributed by atoms with Crippen LogP contribution >= 0.6 is 27.5 Å². The van der Waals surface area contributed by atoms with Gasteiger partial charge in [-0.15, -0.1) is 0 Å². The zero-order valence-electron chi connectivity index (χ0n) is 15.7. The maximum Gasteiger partial charge on any atom is 0.242 e. The molecule has 0 heterocycles. The van der Waals surface area contributed by atoms with Gasteiger partial charge in [0, 0.05) is 22.1 Å². The number of benzene rings is 2. The second-order valence-electron chi connectivity index (χ2n) is 6.80. The molecule has 2 amide bonds. The summed E-state index contributed by atoms with van der Waals surface area (Å²) in [5.74, 6) is -0.289. The first-order chi connectivity index (χ1) is 12.8. The van der Waals surface area contributed by atoms with E-state index in [0.717, 1.165) is 15.6 Å². The Morgan fingerprint density at radius 1 is 1.07 bits per heavy atom. The molecular weight excluding hydrogens is 428 g/mol. The summed E-state index contributed by atoms with van der Waals surface area (Å²) < 4.78 is 0.932. The molecular formula is C21H24BrClN2O2. The van der Waals surface area contributed by atoms with Gasteiger partial charge in [-0.3, -0.25) is 9.59 Å². The Hall–Kier alpha value is -1.85. The van der Waals surface area contributed by atoms with Crippen LogP contribution in [0.25, 0.3) is 0 Å². The number of amides is 2. The lowest BCUT2D eigenvalue weighted by atomic mass is 10.1. The number of carbonyl (C=O) groups excluding carboxylic acids is 2. The molecule has 1 atom stereocenters. The Morgan fingerprint density at radius 3 is 2.37 bits per heavy atom. The van der Waals surface area contributed by atoms with E-state index in [1.165, 1.54) is 0 Å². The molecule has 0 saturated heterocycles. The van der Waals surface area contributed by atoms with Gasteiger partial charge in [-0.2, -0.15) is 0 Å². The fraction of sp³-hybridized carbons (Fsp3) is 0.333. The van der Waals surface area contributed by atoms with Crippen molar-refractivity contribution in [1.82, 2.24) is 10.2 Å². The highest BCUT2D eigenvalue weighted by atomic mass is 79.9. The van der Waals surface area contributed by atoms with E-state index in [2.05, 4.69) is 21.2 Å². The monoisotopic (exact) mass is 450 g/mol. The molecule has 0 aliphatic carbocycles. The fourth-order valence-corrected chi connectivity index (χ4v) is 3.40. The summed E-state index contributed by atoms with van der Waals surface area (Å²) in [5, 5.41) is 3.47. The van der Waals surface area contributed by atoms with E-state index in [-0.39, 0.29) is 24.3 Å². The lowest BCUT2D eigenvalue weighted by molar-refractivity contribution is -0.140. The number of hydrogen-bond acceptors (Lipinski definition) is 2. The van der Waals surface area contributed by atoms with Crippen LogP contribution in [0.15, 0.2) is 53.0 Å². The van der Waals surface area contributed by atoms with Gasteiger partial charge in [-0.25, -0.2) is 0 Å². The minimum absolute atomic E-state index is 0.00991. The summed E-state index contributed by atoms with van der Waals surface area (Å²) in [6.45, 7) is 5.91. The van der Waals surface area contributed by atoms with Crippen LogP contribution in [0.1, 0.15) is 31.9 Å². The van der Waals surface area contributed by atoms with Crippen molar-refractivity contribution in [3.05, 3.63) is 69.2 Å². The van der Waals surface area contributed by atoms with Crippen molar-refractivity contribution in [2.24, 2.45) is 0 Å². The maximum atomic E-state index is 13.0. The first kappa shape index (κ1) is 21.5. The molecule has 0 aliphatic heterocycles. The molecule has 2 aromatic rings. The molecule has 0 saturated carbocycles. The lowest BCUT2D eigenvalue weighted by Crippen LogP contribution is -2.49. The smallest absolute Gasteiger partial charge is 0.242 e. The van der Waals surface area contributed by atoms with Crippen molar-refractivity contribution in [3.8, 4) is 0 Å². The van der Waals surface area contributed by atoms with Crippen LogP contribution in [-0.2, 0) is 22.6 Å². The van der Waals surface area contributed by atoms with Crippen LogP contribution in [0.2, 0.25) is 5.02 Å². The highest BCUT2D eigenvalue weighted by Gasteiger charge is 2.26. The van der Waals surface area contributed by atoms with E-state index in [9.17, 15) is 9.59 Å². The molecule has 0 radical (unpaired) electrons. The summed E-state index contributed by atoms with van der Waals surface area (Å²) in [5.41, 5.74) is 1.77. The van der Waals surface area contributed by atoms with E-state index in [1.807, 2.05) is 50.2 Å². The second kappa shape index (κ2) is 9.90. The number of nitrogens with one attached hydrogen (secondary N) is 1. The van der Waals surface area contributed by atoms with Crippen molar-refractivity contribution in [1.29, 1.82) is 0 Å². The van der Waals surface area contributed by atoms with E-state index >= 15 is 0 Å². The molecule has 0 fully saturated rings. The Balaban J connectivity index is 2.24. The topological polar surface area (TPSA) is 49.4 Å². The summed E-state index contributed by atoms with van der Waals surface area (Å²) in [6, 6.07) is 14.4. The fourth-order valence-electron chi connectivity index (χ4n) is 2.74. The molecule has 0 unspecified atom stereocenters. The quantitative estimate of drug-likeness (QED) is 0.669. The molecule has 6 heteroatoms. The molecule has 0 aliphatic rings. The highest BCUT2D eigenvalue weighted by Crippen LogP contribution is 2.17. The predicted octanol–water partition coefficient (Wildman–Crippen LogP) is 4.59. The van der Waals surface area contributed by atoms with Crippen molar-refractivity contribution < 1.29 is 9.59 Å². The number of nitrogens with zero attached hydrogens (tertiary/aromatic N) is 1. The third-order valence-electron chi connectivity index (χ3n) is 4.08. The van der Waals surface area contributed by atoms with Crippen LogP contribution in [0.3, 0.4) is 0 Å². The molecule has 144 valence electrons. The average Bonchev–Trinajstić information content (AvgIpc) is 2.58. The first-order valence-electron chi connectivity index (χ1n) is 8.85. The third kappa shape index (κ3) is 6.67. The SMILES string of the molecule is CC(C)NC(=O)[C@H](C)N(Cc1cccc(Br)c1)C(=O)Cc1cccc(Cl)c1. The van der Waals surface area contributed by atoms with Gasteiger partial charge in [0.05, 0.1) is 6.42 Å². The maximum absolute atomic E-state index is 13.0. The third-order valence-corrected chi connectivity index (χ3v) is 4.81. The molecule has 4 nitrogen and oxygen atoms in total. The zero-order chi connectivity index (χ0) is 20.0. The van der Waals surface area contributed by atoms with Gasteiger partial charge in [0.2, 0.25) is 11.8 Å². The van der Waals surface area contributed by atoms with Gasteiger partial charge < -0.3 is 10.2 Å². The minimum atomic E-state index is -0.585. The van der Waals surface area contributed by atoms with Crippen LogP contribution in [0.5, 0.6) is 0 Å². The summed E-state index contributed by atoms with van der Waals surface area (Å²) in [6.07, 6.45) is 0.188. The molecule has 0 bridgehead atoms. The van der Waals surface area contributed by atoms with Gasteiger partial charge >= 0.3 is 0 Å². The lowest BCUT2D eigenvalue weighted by Gasteiger charge is -2.29. The molecule has 2 rings (SSSR count). The van der Waals surface area contributed by atoms with Crippen LogP contribution in [0.4, 0.5) is 0 Å². The Morgan fingerprint density at radius 2 is 1.74 bits per heavy atom. The normalized spacial score (nSPS) is 11.9. The zero-order valence-corrected chi connectivity index (χ0v) is 18.0. The Labute approximate surface area is 174 Å². The predicted molar refractivity (Wildman–Crippen MR) is 113 cm³/mol. The molecule has 2 aromatic carbocycles. The minimum Gasteiger partial charge on any atom is -0.352 e. The van der Waals surface area contributed by atoms with E-state index < -0.39 is 6.04 Å². The van der Waals surface area contributed by atoms with Crippen LogP contribution < -0.4 is 5.32 Å². The average molecular weight is 452 g/mol. The van der Waals surface area contributed by atoms with Crippen LogP contribution in [-0.4, -0.2) is 28.8 Å². The summed E-state index contributed by atoms with van der Waals surface area (Å²) in [4.78, 5) is 27.2. The summed E-state index contributed by atoms with van der Waals surface area (Å²) in [7, 11) is 0. The number of carbonyl (C=O) groups is 2. The summed E-state index contributed by atoms with van der Waals surface area (Å²) >= 11 is 9.48. The van der Waals surface area contributed by atoms with Crippen LogP contribution in [0, 0.1) is 0 Å². The molecule has 0 aromatic heterocycles. The van der Waals surface area contributed by atoms with Crippen molar-refractivity contribution in [2.75, 3.05) is 0 Å². The van der Waals surface area contributed by atoms with Crippen molar-refractivity contribution in [3.63, 3.8) is 0 Å². The number of rotatable bonds is 7. The van der Waals surface area contributed by atoms with Gasteiger partial charge in [-0.1, -0.05) is 51.8 Å². The van der Waals surface area contributed by atoms with Gasteiger partial charge in [-0.05, 0) is 56.2 Å².